The second-order valence-electron chi connectivity index (χ2n) is 8.77. The minimum Gasteiger partial charge on any atom is -0.490 e. The number of H-pyrrole nitrogens is 1. The summed E-state index contributed by atoms with van der Waals surface area (Å²) in [7, 11) is 0. The van der Waals surface area contributed by atoms with Gasteiger partial charge in [-0.1, -0.05) is 36.8 Å². The highest BCUT2D eigenvalue weighted by atomic mass is 16.5. The Balaban J connectivity index is 1.34. The van der Waals surface area contributed by atoms with Crippen LogP contribution in [0.2, 0.25) is 0 Å². The Morgan fingerprint density at radius 2 is 1.80 bits per heavy atom. The van der Waals surface area contributed by atoms with Gasteiger partial charge in [0.2, 0.25) is 11.8 Å². The second-order valence-corrected chi connectivity index (χ2v) is 8.77. The third-order valence-electron chi connectivity index (χ3n) is 5.93. The molecule has 1 unspecified atom stereocenters. The van der Waals surface area contributed by atoms with Crippen molar-refractivity contribution in [3.63, 3.8) is 0 Å². The fraction of sp³-hybridized carbons (Fsp3) is 0.370. The Morgan fingerprint density at radius 3 is 2.51 bits per heavy atom. The van der Waals surface area contributed by atoms with E-state index in [0.717, 1.165) is 24.2 Å². The summed E-state index contributed by atoms with van der Waals surface area (Å²) in [4.78, 5) is 32.4. The first-order valence-electron chi connectivity index (χ1n) is 12.1. The number of benzene rings is 2. The zero-order valence-corrected chi connectivity index (χ0v) is 19.7. The quantitative estimate of drug-likeness (QED) is 0.388. The summed E-state index contributed by atoms with van der Waals surface area (Å²) in [6, 6.07) is 16.2. The minimum atomic E-state index is -0.854. The van der Waals surface area contributed by atoms with Crippen LogP contribution >= 0.6 is 0 Å². The standard InChI is InChI=1S/C27H32N4O4/c32-26(15-22-16-28-19-29-22)31-25(18-34-17-20-7-3-1-4-8-20)27(33)30-21-11-13-24(14-12-21)35-23-9-5-2-6-10-23/h1,3-4,7-8,11-14,16,19,23,25H,2,5-6,9-10,15,17-18H2,(H,28,29)(H,30,33)(H,31,32). The van der Waals surface area contributed by atoms with Crippen molar-refractivity contribution in [1.29, 1.82) is 0 Å². The van der Waals surface area contributed by atoms with Crippen LogP contribution in [0.3, 0.4) is 0 Å². The smallest absolute Gasteiger partial charge is 0.249 e. The van der Waals surface area contributed by atoms with Gasteiger partial charge in [-0.3, -0.25) is 9.59 Å². The van der Waals surface area contributed by atoms with Gasteiger partial charge < -0.3 is 25.1 Å². The van der Waals surface area contributed by atoms with E-state index in [4.69, 9.17) is 9.47 Å². The van der Waals surface area contributed by atoms with Gasteiger partial charge in [-0.25, -0.2) is 4.98 Å². The third kappa shape index (κ3) is 7.96. The molecule has 1 aliphatic rings. The van der Waals surface area contributed by atoms with Gasteiger partial charge in [0.05, 0.1) is 32.1 Å². The molecule has 0 spiro atoms. The van der Waals surface area contributed by atoms with Crippen molar-refractivity contribution in [2.75, 3.05) is 11.9 Å². The first-order valence-corrected chi connectivity index (χ1v) is 12.1. The number of nitrogens with zero attached hydrogens (tertiary/aromatic N) is 1. The number of amides is 2. The number of hydrogen-bond donors (Lipinski definition) is 3. The molecule has 2 amide bonds. The molecule has 0 saturated heterocycles. The van der Waals surface area contributed by atoms with E-state index in [1.807, 2.05) is 54.6 Å². The Morgan fingerprint density at radius 1 is 1.03 bits per heavy atom. The molecular formula is C27H32N4O4. The molecule has 1 heterocycles. The molecular weight excluding hydrogens is 444 g/mol. The number of ether oxygens (including phenoxy) is 2. The summed E-state index contributed by atoms with van der Waals surface area (Å²) >= 11 is 0. The molecule has 0 radical (unpaired) electrons. The lowest BCUT2D eigenvalue weighted by Gasteiger charge is -2.23. The summed E-state index contributed by atoms with van der Waals surface area (Å²) in [6.07, 6.45) is 9.31. The van der Waals surface area contributed by atoms with Gasteiger partial charge in [-0.15, -0.1) is 0 Å². The van der Waals surface area contributed by atoms with Crippen LogP contribution in [0.15, 0.2) is 67.1 Å². The van der Waals surface area contributed by atoms with E-state index in [-0.39, 0.29) is 30.9 Å². The number of aromatic amines is 1. The molecule has 0 bridgehead atoms. The van der Waals surface area contributed by atoms with Crippen LogP contribution in [0.4, 0.5) is 5.69 Å². The molecule has 1 aliphatic carbocycles. The maximum Gasteiger partial charge on any atom is 0.249 e. The molecule has 1 saturated carbocycles. The van der Waals surface area contributed by atoms with Crippen LogP contribution in [0, 0.1) is 0 Å². The Labute approximate surface area is 205 Å². The van der Waals surface area contributed by atoms with Gasteiger partial charge in [0.25, 0.3) is 0 Å². The number of carbonyl (C=O) groups is 2. The topological polar surface area (TPSA) is 105 Å². The number of imidazole rings is 1. The normalized spacial score (nSPS) is 14.7. The van der Waals surface area contributed by atoms with E-state index in [1.54, 1.807) is 6.20 Å². The summed E-state index contributed by atoms with van der Waals surface area (Å²) < 4.78 is 11.8. The van der Waals surface area contributed by atoms with Crippen molar-refractivity contribution in [2.45, 2.75) is 57.3 Å². The maximum absolute atomic E-state index is 13.0. The molecule has 8 nitrogen and oxygen atoms in total. The van der Waals surface area contributed by atoms with Gasteiger partial charge >= 0.3 is 0 Å². The number of hydrogen-bond acceptors (Lipinski definition) is 5. The lowest BCUT2D eigenvalue weighted by atomic mass is 9.98. The second kappa shape index (κ2) is 12.7. The van der Waals surface area contributed by atoms with Gasteiger partial charge in [0.15, 0.2) is 0 Å². The fourth-order valence-electron chi connectivity index (χ4n) is 4.07. The predicted molar refractivity (Wildman–Crippen MR) is 133 cm³/mol. The van der Waals surface area contributed by atoms with Crippen molar-refractivity contribution in [3.05, 3.63) is 78.4 Å². The lowest BCUT2D eigenvalue weighted by molar-refractivity contribution is -0.127. The SMILES string of the molecule is O=C(Cc1cnc[nH]1)NC(COCc1ccccc1)C(=O)Nc1ccc(OC2CCCCC2)cc1. The van der Waals surface area contributed by atoms with E-state index >= 15 is 0 Å². The summed E-state index contributed by atoms with van der Waals surface area (Å²) in [6.45, 7) is 0.382. The molecule has 1 atom stereocenters. The first kappa shape index (κ1) is 24.5. The summed E-state index contributed by atoms with van der Waals surface area (Å²) in [5.41, 5.74) is 2.28. The first-order chi connectivity index (χ1) is 17.2. The van der Waals surface area contributed by atoms with Crippen LogP contribution in [0.5, 0.6) is 5.75 Å². The van der Waals surface area contributed by atoms with Gasteiger partial charge in [0.1, 0.15) is 11.8 Å². The Bertz CT molecular complexity index is 1050. The molecule has 3 N–H and O–H groups in total. The van der Waals surface area contributed by atoms with Gasteiger partial charge in [-0.05, 0) is 55.5 Å². The fourth-order valence-corrected chi connectivity index (χ4v) is 4.07. The van der Waals surface area contributed by atoms with E-state index in [9.17, 15) is 9.59 Å². The van der Waals surface area contributed by atoms with Crippen molar-refractivity contribution in [3.8, 4) is 5.75 Å². The number of carbonyl (C=O) groups excluding carboxylic acids is 2. The molecule has 8 heteroatoms. The van der Waals surface area contributed by atoms with E-state index in [1.165, 1.54) is 25.6 Å². The molecule has 184 valence electrons. The average Bonchev–Trinajstić information content (AvgIpc) is 3.39. The zero-order valence-electron chi connectivity index (χ0n) is 19.7. The molecule has 35 heavy (non-hydrogen) atoms. The van der Waals surface area contributed by atoms with E-state index in [2.05, 4.69) is 20.6 Å². The van der Waals surface area contributed by atoms with E-state index < -0.39 is 6.04 Å². The van der Waals surface area contributed by atoms with Crippen LogP contribution in [0.1, 0.15) is 43.4 Å². The van der Waals surface area contributed by atoms with E-state index in [0.29, 0.717) is 18.0 Å². The molecule has 2 aromatic carbocycles. The number of rotatable bonds is 11. The lowest BCUT2D eigenvalue weighted by Crippen LogP contribution is -2.47. The minimum absolute atomic E-state index is 0.0400. The number of anilines is 1. The zero-order chi connectivity index (χ0) is 24.3. The van der Waals surface area contributed by atoms with Crippen molar-refractivity contribution in [2.24, 2.45) is 0 Å². The third-order valence-corrected chi connectivity index (χ3v) is 5.93. The van der Waals surface area contributed by atoms with Crippen LogP contribution in [0.25, 0.3) is 0 Å². The Kier molecular flexibility index (Phi) is 8.89. The highest BCUT2D eigenvalue weighted by Crippen LogP contribution is 2.24. The van der Waals surface area contributed by atoms with Crippen molar-refractivity contribution >= 4 is 17.5 Å². The van der Waals surface area contributed by atoms with Crippen molar-refractivity contribution < 1.29 is 19.1 Å². The molecule has 3 aromatic rings. The summed E-state index contributed by atoms with van der Waals surface area (Å²) in [5, 5.41) is 5.66. The monoisotopic (exact) mass is 476 g/mol. The molecule has 1 aromatic heterocycles. The molecule has 1 fully saturated rings. The Hall–Kier alpha value is -3.65. The number of aromatic nitrogens is 2. The summed E-state index contributed by atoms with van der Waals surface area (Å²) in [5.74, 6) is 0.149. The highest BCUT2D eigenvalue weighted by molar-refractivity contribution is 5.97. The average molecular weight is 477 g/mol. The van der Waals surface area contributed by atoms with Crippen LogP contribution in [-0.4, -0.2) is 40.5 Å². The number of nitrogens with one attached hydrogen (secondary N) is 3. The van der Waals surface area contributed by atoms with Crippen LogP contribution in [-0.2, 0) is 27.4 Å². The predicted octanol–water partition coefficient (Wildman–Crippen LogP) is 4.00. The molecule has 0 aliphatic heterocycles. The van der Waals surface area contributed by atoms with Gasteiger partial charge in [0, 0.05) is 17.6 Å². The largest absolute Gasteiger partial charge is 0.490 e. The van der Waals surface area contributed by atoms with Crippen molar-refractivity contribution in [1.82, 2.24) is 15.3 Å². The maximum atomic E-state index is 13.0. The molecule has 4 rings (SSSR count). The highest BCUT2D eigenvalue weighted by Gasteiger charge is 2.22. The van der Waals surface area contributed by atoms with Crippen LogP contribution < -0.4 is 15.4 Å². The van der Waals surface area contributed by atoms with Gasteiger partial charge in [-0.2, -0.15) is 0 Å².